The van der Waals surface area contributed by atoms with Crippen LogP contribution >= 0.6 is 0 Å². The zero-order valence-electron chi connectivity index (χ0n) is 14.3. The Kier molecular flexibility index (Phi) is 4.89. The molecule has 1 amide bonds. The molecule has 1 fully saturated rings. The van der Waals surface area contributed by atoms with Gasteiger partial charge in [-0.05, 0) is 31.7 Å². The smallest absolute Gasteiger partial charge is 0.230 e. The molecule has 0 radical (unpaired) electrons. The lowest BCUT2D eigenvalue weighted by atomic mass is 9.76. The number of nitriles is 1. The maximum atomic E-state index is 12.7. The first kappa shape index (κ1) is 17.2. The number of Topliss-reactive ketones (excluding diaryl/α,β-unsaturated/α-hetero) is 1. The third-order valence-electron chi connectivity index (χ3n) is 4.95. The summed E-state index contributed by atoms with van der Waals surface area (Å²) < 4.78 is 0. The number of hydrogen-bond acceptors (Lipinski definition) is 3. The average Bonchev–Trinajstić information content (AvgIpc) is 2.52. The Hall–Kier alpha value is -2.15. The number of amides is 1. The Labute approximate surface area is 138 Å². The lowest BCUT2D eigenvalue weighted by Gasteiger charge is -2.43. The Morgan fingerprint density at radius 1 is 1.17 bits per heavy atom. The van der Waals surface area contributed by atoms with Crippen molar-refractivity contribution in [3.8, 4) is 6.07 Å². The van der Waals surface area contributed by atoms with Crippen LogP contribution in [0.25, 0.3) is 0 Å². The SMILES string of the molecule is CC(C)C(=O)c1ccc([C@@H](C)C(=O)N(C)C2(C#N)CCC2)cc1. The van der Waals surface area contributed by atoms with Crippen LogP contribution in [0.4, 0.5) is 0 Å². The number of likely N-dealkylation sites (N-methyl/N-ethyl adjacent to an activating group) is 1. The van der Waals surface area contributed by atoms with Crippen LogP contribution in [-0.2, 0) is 4.79 Å². The van der Waals surface area contributed by atoms with E-state index in [1.165, 1.54) is 0 Å². The van der Waals surface area contributed by atoms with Gasteiger partial charge in [0.25, 0.3) is 0 Å². The molecule has 1 aromatic carbocycles. The Morgan fingerprint density at radius 3 is 2.13 bits per heavy atom. The van der Waals surface area contributed by atoms with E-state index in [-0.39, 0.29) is 23.5 Å². The Balaban J connectivity index is 2.14. The number of carbonyl (C=O) groups excluding carboxylic acids is 2. The van der Waals surface area contributed by atoms with Gasteiger partial charge in [-0.3, -0.25) is 9.59 Å². The molecule has 1 aliphatic carbocycles. The summed E-state index contributed by atoms with van der Waals surface area (Å²) in [7, 11) is 1.72. The van der Waals surface area contributed by atoms with E-state index < -0.39 is 5.54 Å². The second-order valence-corrected chi connectivity index (χ2v) is 6.76. The van der Waals surface area contributed by atoms with Gasteiger partial charge in [0.05, 0.1) is 12.0 Å². The van der Waals surface area contributed by atoms with E-state index in [0.29, 0.717) is 5.56 Å². The summed E-state index contributed by atoms with van der Waals surface area (Å²) in [5, 5.41) is 9.38. The summed E-state index contributed by atoms with van der Waals surface area (Å²) in [4.78, 5) is 26.3. The lowest BCUT2D eigenvalue weighted by Crippen LogP contribution is -2.54. The van der Waals surface area contributed by atoms with E-state index >= 15 is 0 Å². The third kappa shape index (κ3) is 3.14. The van der Waals surface area contributed by atoms with Gasteiger partial charge in [-0.15, -0.1) is 0 Å². The molecule has 4 nitrogen and oxygen atoms in total. The molecule has 0 aliphatic heterocycles. The number of ketones is 1. The summed E-state index contributed by atoms with van der Waals surface area (Å²) in [6, 6.07) is 9.54. The van der Waals surface area contributed by atoms with E-state index in [1.807, 2.05) is 32.9 Å². The van der Waals surface area contributed by atoms with Crippen molar-refractivity contribution in [2.75, 3.05) is 7.05 Å². The quantitative estimate of drug-likeness (QED) is 0.781. The first-order valence-corrected chi connectivity index (χ1v) is 8.15. The molecule has 2 rings (SSSR count). The fraction of sp³-hybridized carbons (Fsp3) is 0.526. The summed E-state index contributed by atoms with van der Waals surface area (Å²) in [6.07, 6.45) is 2.49. The standard InChI is InChI=1S/C19H24N2O2/c1-13(2)17(22)16-8-6-15(7-9-16)14(3)18(23)21(4)19(12-20)10-5-11-19/h6-9,13-14H,5,10-11H2,1-4H3/t14-/m1/s1. The first-order chi connectivity index (χ1) is 10.8. The van der Waals surface area contributed by atoms with E-state index in [2.05, 4.69) is 6.07 Å². The van der Waals surface area contributed by atoms with E-state index in [1.54, 1.807) is 24.1 Å². The van der Waals surface area contributed by atoms with Crippen LogP contribution in [0, 0.1) is 17.2 Å². The van der Waals surface area contributed by atoms with E-state index in [9.17, 15) is 14.9 Å². The first-order valence-electron chi connectivity index (χ1n) is 8.15. The summed E-state index contributed by atoms with van der Waals surface area (Å²) in [6.45, 7) is 5.59. The minimum absolute atomic E-state index is 0.0415. The number of rotatable bonds is 5. The zero-order chi connectivity index (χ0) is 17.2. The molecule has 0 saturated heterocycles. The number of nitrogens with zero attached hydrogens (tertiary/aromatic N) is 2. The molecule has 0 aromatic heterocycles. The van der Waals surface area contributed by atoms with Gasteiger partial charge in [0.1, 0.15) is 5.54 Å². The van der Waals surface area contributed by atoms with Gasteiger partial charge in [-0.1, -0.05) is 38.1 Å². The van der Waals surface area contributed by atoms with E-state index in [0.717, 1.165) is 24.8 Å². The van der Waals surface area contributed by atoms with Crippen LogP contribution in [0.15, 0.2) is 24.3 Å². The Morgan fingerprint density at radius 2 is 1.74 bits per heavy atom. The summed E-state index contributed by atoms with van der Waals surface area (Å²) in [5.41, 5.74) is 0.914. The highest BCUT2D eigenvalue weighted by atomic mass is 16.2. The third-order valence-corrected chi connectivity index (χ3v) is 4.95. The van der Waals surface area contributed by atoms with Crippen molar-refractivity contribution in [1.82, 2.24) is 4.90 Å². The second-order valence-electron chi connectivity index (χ2n) is 6.76. The molecular weight excluding hydrogens is 288 g/mol. The highest BCUT2D eigenvalue weighted by Crippen LogP contribution is 2.37. The van der Waals surface area contributed by atoms with Crippen molar-refractivity contribution in [2.24, 2.45) is 5.92 Å². The molecule has 1 atom stereocenters. The van der Waals surface area contributed by atoms with Gasteiger partial charge in [0, 0.05) is 18.5 Å². The lowest BCUT2D eigenvalue weighted by molar-refractivity contribution is -0.137. The van der Waals surface area contributed by atoms with Gasteiger partial charge in [-0.2, -0.15) is 5.26 Å². The molecule has 1 aliphatic rings. The molecule has 122 valence electrons. The molecule has 0 heterocycles. The van der Waals surface area contributed by atoms with Gasteiger partial charge in [0.15, 0.2) is 5.78 Å². The van der Waals surface area contributed by atoms with Crippen LogP contribution in [-0.4, -0.2) is 29.2 Å². The Bertz CT molecular complexity index is 636. The normalized spacial score (nSPS) is 17.0. The highest BCUT2D eigenvalue weighted by Gasteiger charge is 2.44. The largest absolute Gasteiger partial charge is 0.327 e. The topological polar surface area (TPSA) is 61.2 Å². The van der Waals surface area contributed by atoms with Gasteiger partial charge >= 0.3 is 0 Å². The molecule has 23 heavy (non-hydrogen) atoms. The molecule has 0 spiro atoms. The number of benzene rings is 1. The second kappa shape index (κ2) is 6.54. The van der Waals surface area contributed by atoms with Crippen LogP contribution < -0.4 is 0 Å². The molecule has 0 unspecified atom stereocenters. The van der Waals surface area contributed by atoms with Crippen molar-refractivity contribution in [3.63, 3.8) is 0 Å². The molecule has 4 heteroatoms. The van der Waals surface area contributed by atoms with Crippen molar-refractivity contribution in [3.05, 3.63) is 35.4 Å². The van der Waals surface area contributed by atoms with E-state index in [4.69, 9.17) is 0 Å². The van der Waals surface area contributed by atoms with Crippen molar-refractivity contribution in [1.29, 1.82) is 5.26 Å². The predicted octanol–water partition coefficient (Wildman–Crippen LogP) is 3.53. The molecule has 1 saturated carbocycles. The van der Waals surface area contributed by atoms with Crippen molar-refractivity contribution >= 4 is 11.7 Å². The fourth-order valence-corrected chi connectivity index (χ4v) is 2.95. The van der Waals surface area contributed by atoms with Gasteiger partial charge < -0.3 is 4.90 Å². The fourth-order valence-electron chi connectivity index (χ4n) is 2.95. The average molecular weight is 312 g/mol. The molecular formula is C19H24N2O2. The maximum Gasteiger partial charge on any atom is 0.230 e. The van der Waals surface area contributed by atoms with Crippen LogP contribution in [0.2, 0.25) is 0 Å². The van der Waals surface area contributed by atoms with Crippen LogP contribution in [0.3, 0.4) is 0 Å². The molecule has 0 bridgehead atoms. The van der Waals surface area contributed by atoms with Gasteiger partial charge in [0.2, 0.25) is 5.91 Å². The minimum Gasteiger partial charge on any atom is -0.327 e. The zero-order valence-corrected chi connectivity index (χ0v) is 14.3. The maximum absolute atomic E-state index is 12.7. The van der Waals surface area contributed by atoms with Crippen molar-refractivity contribution < 1.29 is 9.59 Å². The number of hydrogen-bond donors (Lipinski definition) is 0. The van der Waals surface area contributed by atoms with Crippen LogP contribution in [0.1, 0.15) is 61.9 Å². The predicted molar refractivity (Wildman–Crippen MR) is 89.0 cm³/mol. The molecule has 1 aromatic rings. The summed E-state index contributed by atoms with van der Waals surface area (Å²) >= 11 is 0. The van der Waals surface area contributed by atoms with Crippen molar-refractivity contribution in [2.45, 2.75) is 51.5 Å². The minimum atomic E-state index is -0.626. The monoisotopic (exact) mass is 312 g/mol. The summed E-state index contributed by atoms with van der Waals surface area (Å²) in [5.74, 6) is -0.311. The highest BCUT2D eigenvalue weighted by molar-refractivity contribution is 5.97. The van der Waals surface area contributed by atoms with Crippen LogP contribution in [0.5, 0.6) is 0 Å². The van der Waals surface area contributed by atoms with Gasteiger partial charge in [-0.25, -0.2) is 0 Å². The molecule has 0 N–H and O–H groups in total. The number of carbonyl (C=O) groups is 2.